The molecule has 0 atom stereocenters. The van der Waals surface area contributed by atoms with Gasteiger partial charge >= 0.3 is 0 Å². The van der Waals surface area contributed by atoms with Gasteiger partial charge in [-0.25, -0.2) is 0 Å². The van der Waals surface area contributed by atoms with E-state index < -0.39 is 0 Å². The minimum atomic E-state index is 0.714. The number of nitrogens with zero attached hydrogens (tertiary/aromatic N) is 1. The molecule has 0 aliphatic rings. The summed E-state index contributed by atoms with van der Waals surface area (Å²) in [5.41, 5.74) is 1.28. The molecule has 0 fully saturated rings. The first-order chi connectivity index (χ1) is 8.35. The van der Waals surface area contributed by atoms with E-state index >= 15 is 0 Å². The third kappa shape index (κ3) is 2.70. The second-order valence-corrected chi connectivity index (χ2v) is 4.09. The van der Waals surface area contributed by atoms with Crippen LogP contribution in [0.4, 0.5) is 0 Å². The summed E-state index contributed by atoms with van der Waals surface area (Å²) in [6.45, 7) is 7.51. The molecular weight excluding hydrogens is 210 g/mol. The molecule has 0 aliphatic heterocycles. The maximum Gasteiger partial charge on any atom is 0.120 e. The van der Waals surface area contributed by atoms with Crippen molar-refractivity contribution in [3.8, 4) is 5.75 Å². The van der Waals surface area contributed by atoms with E-state index in [-0.39, 0.29) is 0 Å². The predicted molar refractivity (Wildman–Crippen MR) is 72.5 cm³/mol. The summed E-state index contributed by atoms with van der Waals surface area (Å²) in [6, 6.07) is 8.42. The fraction of sp³-hybridized carbons (Fsp3) is 0.333. The molecule has 2 rings (SSSR count). The summed E-state index contributed by atoms with van der Waals surface area (Å²) >= 11 is 0. The molecule has 2 heteroatoms. The van der Waals surface area contributed by atoms with Crippen LogP contribution < -0.4 is 4.74 Å². The number of aromatic nitrogens is 1. The van der Waals surface area contributed by atoms with Crippen LogP contribution in [0.1, 0.15) is 19.8 Å². The fourth-order valence-electron chi connectivity index (χ4n) is 2.04. The van der Waals surface area contributed by atoms with Crippen LogP contribution in [-0.2, 0) is 6.54 Å². The van der Waals surface area contributed by atoms with Crippen LogP contribution in [-0.4, -0.2) is 11.2 Å². The molecule has 0 aliphatic carbocycles. The zero-order valence-electron chi connectivity index (χ0n) is 10.4. The number of fused-ring (bicyclic) bond motifs is 1. The van der Waals surface area contributed by atoms with Gasteiger partial charge < -0.3 is 9.30 Å². The molecule has 90 valence electrons. The van der Waals surface area contributed by atoms with Gasteiger partial charge in [-0.2, -0.15) is 0 Å². The second kappa shape index (κ2) is 5.58. The molecule has 1 aromatic heterocycles. The van der Waals surface area contributed by atoms with Crippen molar-refractivity contribution in [3.05, 3.63) is 43.1 Å². The Kier molecular flexibility index (Phi) is 3.86. The Morgan fingerprint density at radius 3 is 3.00 bits per heavy atom. The molecule has 0 bridgehead atoms. The van der Waals surface area contributed by atoms with Crippen LogP contribution in [0.5, 0.6) is 5.75 Å². The van der Waals surface area contributed by atoms with Gasteiger partial charge in [0.25, 0.3) is 0 Å². The predicted octanol–water partition coefficient (Wildman–Crippen LogP) is 4.01. The van der Waals surface area contributed by atoms with E-state index in [4.69, 9.17) is 4.74 Å². The molecule has 0 amide bonds. The number of hydrogen-bond acceptors (Lipinski definition) is 1. The van der Waals surface area contributed by atoms with Gasteiger partial charge in [0.2, 0.25) is 0 Å². The number of ether oxygens (including phenoxy) is 1. The number of rotatable bonds is 6. The minimum Gasteiger partial charge on any atom is -0.494 e. The minimum absolute atomic E-state index is 0.714. The zero-order chi connectivity index (χ0) is 12.1. The molecule has 2 aromatic rings. The highest BCUT2D eigenvalue weighted by atomic mass is 16.5. The average Bonchev–Trinajstić information content (AvgIpc) is 2.73. The first-order valence-corrected chi connectivity index (χ1v) is 6.17. The van der Waals surface area contributed by atoms with Gasteiger partial charge in [0.15, 0.2) is 0 Å². The summed E-state index contributed by atoms with van der Waals surface area (Å²) in [7, 11) is 0. The van der Waals surface area contributed by atoms with E-state index in [1.165, 1.54) is 10.9 Å². The maximum absolute atomic E-state index is 5.50. The third-order valence-corrected chi connectivity index (χ3v) is 2.86. The molecule has 0 radical (unpaired) electrons. The van der Waals surface area contributed by atoms with Gasteiger partial charge in [-0.3, -0.25) is 0 Å². The van der Waals surface area contributed by atoms with Crippen molar-refractivity contribution in [2.75, 3.05) is 6.61 Å². The van der Waals surface area contributed by atoms with Crippen molar-refractivity contribution >= 4 is 10.9 Å². The van der Waals surface area contributed by atoms with Crippen molar-refractivity contribution in [1.29, 1.82) is 0 Å². The summed E-state index contributed by atoms with van der Waals surface area (Å²) in [4.78, 5) is 0. The van der Waals surface area contributed by atoms with E-state index in [0.29, 0.717) is 6.61 Å². The molecule has 2 nitrogen and oxygen atoms in total. The monoisotopic (exact) mass is 229 g/mol. The van der Waals surface area contributed by atoms with E-state index in [0.717, 1.165) is 25.1 Å². The van der Waals surface area contributed by atoms with Crippen LogP contribution in [0.25, 0.3) is 10.9 Å². The molecule has 1 heterocycles. The Bertz CT molecular complexity index is 499. The van der Waals surface area contributed by atoms with E-state index in [1.54, 1.807) is 0 Å². The Hall–Kier alpha value is -1.70. The Labute approximate surface area is 103 Å². The van der Waals surface area contributed by atoms with Crippen molar-refractivity contribution in [1.82, 2.24) is 4.57 Å². The average molecular weight is 229 g/mol. The van der Waals surface area contributed by atoms with E-state index in [9.17, 15) is 0 Å². The van der Waals surface area contributed by atoms with Crippen molar-refractivity contribution in [3.63, 3.8) is 0 Å². The number of aryl methyl sites for hydroxylation is 1. The number of unbranched alkanes of at least 4 members (excludes halogenated alkanes) is 1. The lowest BCUT2D eigenvalue weighted by molar-refractivity contribution is 0.340. The Morgan fingerprint density at radius 2 is 2.24 bits per heavy atom. The highest BCUT2D eigenvalue weighted by Gasteiger charge is 2.02. The van der Waals surface area contributed by atoms with Gasteiger partial charge in [-0.05, 0) is 44.0 Å². The van der Waals surface area contributed by atoms with Gasteiger partial charge in [0.1, 0.15) is 5.75 Å². The number of hydrogen-bond donors (Lipinski definition) is 0. The van der Waals surface area contributed by atoms with Crippen LogP contribution in [0.2, 0.25) is 0 Å². The van der Waals surface area contributed by atoms with Crippen LogP contribution >= 0.6 is 0 Å². The molecule has 0 N–H and O–H groups in total. The smallest absolute Gasteiger partial charge is 0.120 e. The lowest BCUT2D eigenvalue weighted by Crippen LogP contribution is -1.95. The van der Waals surface area contributed by atoms with Crippen molar-refractivity contribution < 1.29 is 4.74 Å². The Morgan fingerprint density at radius 1 is 1.35 bits per heavy atom. The maximum atomic E-state index is 5.50. The first kappa shape index (κ1) is 11.8. The summed E-state index contributed by atoms with van der Waals surface area (Å²) in [6.07, 6.45) is 6.32. The highest BCUT2D eigenvalue weighted by Crippen LogP contribution is 2.22. The molecule has 0 unspecified atom stereocenters. The molecular formula is C15H19NO. The topological polar surface area (TPSA) is 14.2 Å². The lowest BCUT2D eigenvalue weighted by atomic mass is 10.2. The second-order valence-electron chi connectivity index (χ2n) is 4.09. The SMILES string of the molecule is C=CCCCn1ccc2cc(OCC)ccc21. The van der Waals surface area contributed by atoms with Crippen molar-refractivity contribution in [2.24, 2.45) is 0 Å². The van der Waals surface area contributed by atoms with Gasteiger partial charge in [0.05, 0.1) is 6.61 Å². The first-order valence-electron chi connectivity index (χ1n) is 6.17. The molecule has 0 saturated heterocycles. The van der Waals surface area contributed by atoms with Crippen molar-refractivity contribution in [2.45, 2.75) is 26.3 Å². The van der Waals surface area contributed by atoms with Gasteiger partial charge in [0, 0.05) is 23.6 Å². The molecule has 17 heavy (non-hydrogen) atoms. The Balaban J connectivity index is 2.19. The quantitative estimate of drug-likeness (QED) is 0.539. The highest BCUT2D eigenvalue weighted by molar-refractivity contribution is 5.81. The lowest BCUT2D eigenvalue weighted by Gasteiger charge is -2.06. The standard InChI is InChI=1S/C15H19NO/c1-3-5-6-10-16-11-9-13-12-14(17-4-2)7-8-15(13)16/h3,7-9,11-12H,1,4-6,10H2,2H3. The largest absolute Gasteiger partial charge is 0.494 e. The van der Waals surface area contributed by atoms with Gasteiger partial charge in [-0.1, -0.05) is 6.08 Å². The van der Waals surface area contributed by atoms with Crippen LogP contribution in [0.3, 0.4) is 0 Å². The zero-order valence-corrected chi connectivity index (χ0v) is 10.4. The number of allylic oxidation sites excluding steroid dienone is 1. The fourth-order valence-corrected chi connectivity index (χ4v) is 2.04. The van der Waals surface area contributed by atoms with Gasteiger partial charge in [-0.15, -0.1) is 6.58 Å². The van der Waals surface area contributed by atoms with Crippen LogP contribution in [0.15, 0.2) is 43.1 Å². The summed E-state index contributed by atoms with van der Waals surface area (Å²) < 4.78 is 7.79. The van der Waals surface area contributed by atoms with Crippen LogP contribution in [0, 0.1) is 0 Å². The molecule has 1 aromatic carbocycles. The number of benzene rings is 1. The normalized spacial score (nSPS) is 10.6. The summed E-state index contributed by atoms with van der Waals surface area (Å²) in [5, 5.41) is 1.24. The third-order valence-electron chi connectivity index (χ3n) is 2.86. The molecule has 0 saturated carbocycles. The summed E-state index contributed by atoms with van der Waals surface area (Å²) in [5.74, 6) is 0.948. The van der Waals surface area contributed by atoms with E-state index in [1.807, 2.05) is 19.1 Å². The molecule has 0 spiro atoms. The van der Waals surface area contributed by atoms with E-state index in [2.05, 4.69) is 35.5 Å².